The quantitative estimate of drug-likeness (QED) is 0.329. The number of fused-ring (bicyclic) bond motifs is 1. The Morgan fingerprint density at radius 2 is 2.06 bits per heavy atom. The highest BCUT2D eigenvalue weighted by molar-refractivity contribution is 6.76. The van der Waals surface area contributed by atoms with Gasteiger partial charge in [-0.15, -0.1) is 0 Å². The van der Waals surface area contributed by atoms with E-state index in [1.807, 2.05) is 35.9 Å². The van der Waals surface area contributed by atoms with E-state index in [0.29, 0.717) is 37.3 Å². The normalized spacial score (nSPS) is 17.8. The molecule has 1 aliphatic rings. The molecular weight excluding hydrogens is 439 g/mol. The summed E-state index contributed by atoms with van der Waals surface area (Å²) >= 11 is 0. The molecule has 2 atom stereocenters. The van der Waals surface area contributed by atoms with Crippen molar-refractivity contribution in [3.8, 4) is 17.0 Å². The lowest BCUT2D eigenvalue weighted by Gasteiger charge is -2.15. The van der Waals surface area contributed by atoms with Gasteiger partial charge in [-0.05, 0) is 43.7 Å². The van der Waals surface area contributed by atoms with Gasteiger partial charge in [0.25, 0.3) is 0 Å². The summed E-state index contributed by atoms with van der Waals surface area (Å²) in [6.07, 6.45) is 2.91. The maximum absolute atomic E-state index is 13.3. The topological polar surface area (TPSA) is 78.3 Å². The Hall–Kier alpha value is -2.78. The van der Waals surface area contributed by atoms with Crippen molar-refractivity contribution in [2.75, 3.05) is 18.5 Å². The summed E-state index contributed by atoms with van der Waals surface area (Å²) in [7, 11) is -1.20. The Balaban J connectivity index is 1.67. The summed E-state index contributed by atoms with van der Waals surface area (Å²) in [4.78, 5) is 21.3. The van der Waals surface area contributed by atoms with Crippen LogP contribution in [0.25, 0.3) is 22.2 Å². The number of hydrogen-bond donors (Lipinski definition) is 1. The van der Waals surface area contributed by atoms with Crippen molar-refractivity contribution in [1.82, 2.24) is 14.5 Å². The van der Waals surface area contributed by atoms with Crippen LogP contribution in [0.3, 0.4) is 0 Å². The molecule has 0 unspecified atom stereocenters. The molecule has 176 valence electrons. The van der Waals surface area contributed by atoms with E-state index in [9.17, 15) is 9.18 Å². The molecule has 9 heteroatoms. The van der Waals surface area contributed by atoms with Crippen LogP contribution in [0, 0.1) is 5.92 Å². The molecule has 3 aromatic heterocycles. The first-order chi connectivity index (χ1) is 15.8. The number of anilines is 1. The minimum Gasteiger partial charge on any atom is -0.478 e. The van der Waals surface area contributed by atoms with Crippen LogP contribution in [0.5, 0.6) is 5.88 Å². The number of nitrogens with zero attached hydrogens (tertiary/aromatic N) is 3. The number of alkyl halides is 1. The maximum Gasteiger partial charge on any atom is 0.231 e. The molecule has 0 aromatic carbocycles. The van der Waals surface area contributed by atoms with Gasteiger partial charge in [-0.1, -0.05) is 19.6 Å². The molecule has 3 heterocycles. The van der Waals surface area contributed by atoms with E-state index in [1.54, 1.807) is 12.3 Å². The molecule has 0 spiro atoms. The molecule has 33 heavy (non-hydrogen) atoms. The van der Waals surface area contributed by atoms with E-state index in [4.69, 9.17) is 9.47 Å². The van der Waals surface area contributed by atoms with Gasteiger partial charge < -0.3 is 19.4 Å². The zero-order chi connectivity index (χ0) is 23.6. The number of ether oxygens (including phenoxy) is 2. The summed E-state index contributed by atoms with van der Waals surface area (Å²) in [6.45, 7) is 10.4. The van der Waals surface area contributed by atoms with Gasteiger partial charge in [0.05, 0.1) is 12.5 Å². The lowest BCUT2D eigenvalue weighted by Crippen LogP contribution is -2.22. The third-order valence-electron chi connectivity index (χ3n) is 5.59. The van der Waals surface area contributed by atoms with Crippen LogP contribution in [-0.4, -0.2) is 47.9 Å². The molecule has 0 radical (unpaired) electrons. The van der Waals surface area contributed by atoms with Crippen molar-refractivity contribution >= 4 is 30.8 Å². The van der Waals surface area contributed by atoms with E-state index in [2.05, 4.69) is 34.9 Å². The number of amides is 1. The van der Waals surface area contributed by atoms with Crippen molar-refractivity contribution in [3.63, 3.8) is 0 Å². The Labute approximate surface area is 194 Å². The molecule has 0 aliphatic heterocycles. The van der Waals surface area contributed by atoms with Gasteiger partial charge in [0.15, 0.2) is 0 Å². The number of aromatic nitrogens is 3. The van der Waals surface area contributed by atoms with Crippen molar-refractivity contribution in [1.29, 1.82) is 0 Å². The Morgan fingerprint density at radius 1 is 1.27 bits per heavy atom. The minimum absolute atomic E-state index is 0.279. The van der Waals surface area contributed by atoms with Gasteiger partial charge in [-0.25, -0.2) is 14.4 Å². The van der Waals surface area contributed by atoms with Crippen molar-refractivity contribution in [2.24, 2.45) is 5.92 Å². The number of pyridine rings is 2. The van der Waals surface area contributed by atoms with Crippen LogP contribution in [0.15, 0.2) is 36.7 Å². The Kier molecular flexibility index (Phi) is 6.80. The smallest absolute Gasteiger partial charge is 0.231 e. The lowest BCUT2D eigenvalue weighted by atomic mass is 10.1. The number of hydrogen-bond acceptors (Lipinski definition) is 5. The van der Waals surface area contributed by atoms with E-state index < -0.39 is 20.2 Å². The summed E-state index contributed by atoms with van der Waals surface area (Å²) in [5, 5.41) is 3.64. The van der Waals surface area contributed by atoms with Gasteiger partial charge in [0.2, 0.25) is 11.8 Å². The van der Waals surface area contributed by atoms with Crippen LogP contribution in [0.2, 0.25) is 25.7 Å². The predicted molar refractivity (Wildman–Crippen MR) is 130 cm³/mol. The third-order valence-corrected chi connectivity index (χ3v) is 7.30. The number of nitrogens with one attached hydrogen (secondary N) is 1. The van der Waals surface area contributed by atoms with Gasteiger partial charge >= 0.3 is 0 Å². The van der Waals surface area contributed by atoms with Crippen LogP contribution in [-0.2, 0) is 16.3 Å². The van der Waals surface area contributed by atoms with Crippen molar-refractivity contribution in [3.05, 3.63) is 36.7 Å². The van der Waals surface area contributed by atoms with Gasteiger partial charge in [0, 0.05) is 43.6 Å². The zero-order valence-electron chi connectivity index (χ0n) is 19.6. The van der Waals surface area contributed by atoms with Crippen LogP contribution < -0.4 is 10.1 Å². The maximum atomic E-state index is 13.3. The molecule has 0 saturated heterocycles. The molecule has 1 N–H and O–H groups in total. The average Bonchev–Trinajstić information content (AvgIpc) is 3.40. The fraction of sp³-hybridized carbons (Fsp3) is 0.458. The van der Waals surface area contributed by atoms with Crippen molar-refractivity contribution in [2.45, 2.75) is 51.9 Å². The van der Waals surface area contributed by atoms with E-state index in [1.165, 1.54) is 0 Å². The first kappa shape index (κ1) is 23.4. The summed E-state index contributed by atoms with van der Waals surface area (Å²) < 4.78 is 26.9. The fourth-order valence-electron chi connectivity index (χ4n) is 3.59. The molecule has 0 bridgehead atoms. The Bertz CT molecular complexity index is 1140. The molecule has 1 amide bonds. The lowest BCUT2D eigenvalue weighted by molar-refractivity contribution is -0.117. The third kappa shape index (κ3) is 5.59. The van der Waals surface area contributed by atoms with E-state index >= 15 is 0 Å². The summed E-state index contributed by atoms with van der Waals surface area (Å²) in [5.74, 6) is 0.0541. The Morgan fingerprint density at radius 3 is 2.76 bits per heavy atom. The fourth-order valence-corrected chi connectivity index (χ4v) is 4.35. The highest BCUT2D eigenvalue weighted by Crippen LogP contribution is 2.37. The molecule has 7 nitrogen and oxygen atoms in total. The zero-order valence-corrected chi connectivity index (χ0v) is 20.6. The summed E-state index contributed by atoms with van der Waals surface area (Å²) in [5.41, 5.74) is 2.46. The molecule has 4 rings (SSSR count). The SMILES string of the molecule is CCOc1ncccc1-c1cn(COCC[Si](C)(C)C)c2nc(NC(=O)[C@@H]3C[C@@H]3F)ccc12. The second kappa shape index (κ2) is 9.60. The largest absolute Gasteiger partial charge is 0.478 e. The second-order valence-corrected chi connectivity index (χ2v) is 15.2. The number of rotatable bonds is 10. The van der Waals surface area contributed by atoms with Crippen LogP contribution in [0.4, 0.5) is 10.2 Å². The number of carbonyl (C=O) groups excluding carboxylic acids is 1. The van der Waals surface area contributed by atoms with E-state index in [-0.39, 0.29) is 12.3 Å². The summed E-state index contributed by atoms with van der Waals surface area (Å²) in [6, 6.07) is 8.56. The highest BCUT2D eigenvalue weighted by atomic mass is 28.3. The number of halogens is 1. The van der Waals surface area contributed by atoms with Gasteiger partial charge in [0.1, 0.15) is 24.4 Å². The van der Waals surface area contributed by atoms with Gasteiger partial charge in [-0.2, -0.15) is 0 Å². The minimum atomic E-state index is -1.20. The molecule has 1 fully saturated rings. The molecule has 3 aromatic rings. The molecular formula is C24H31FN4O3Si. The van der Waals surface area contributed by atoms with Crippen LogP contribution in [0.1, 0.15) is 13.3 Å². The van der Waals surface area contributed by atoms with Gasteiger partial charge in [-0.3, -0.25) is 4.79 Å². The van der Waals surface area contributed by atoms with E-state index in [0.717, 1.165) is 22.6 Å². The second-order valence-electron chi connectivity index (χ2n) is 9.56. The highest BCUT2D eigenvalue weighted by Gasteiger charge is 2.43. The predicted octanol–water partition coefficient (Wildman–Crippen LogP) is 5.11. The van der Waals surface area contributed by atoms with Crippen molar-refractivity contribution < 1.29 is 18.7 Å². The molecule has 1 aliphatic carbocycles. The molecule has 1 saturated carbocycles. The van der Waals surface area contributed by atoms with Crippen LogP contribution >= 0.6 is 0 Å². The standard InChI is InChI=1S/C24H31FN4O3Si/c1-5-32-24-17(7-6-10-26-24)19-14-29(15-31-11-12-33(2,3)4)22-16(19)8-9-21(27-22)28-23(30)18-13-20(18)25/h6-10,14,18,20H,5,11-13,15H2,1-4H3,(H,27,28,30)/t18-,20+/m1/s1. The first-order valence-corrected chi connectivity index (χ1v) is 15.1. The average molecular weight is 471 g/mol. The number of carbonyl (C=O) groups is 1. The monoisotopic (exact) mass is 470 g/mol. The first-order valence-electron chi connectivity index (χ1n) is 11.4.